The lowest BCUT2D eigenvalue weighted by atomic mass is 10.1. The minimum absolute atomic E-state index is 0.653. The Morgan fingerprint density at radius 1 is 1.50 bits per heavy atom. The Hall–Kier alpha value is -0.0800. The van der Waals surface area contributed by atoms with Gasteiger partial charge in [-0.1, -0.05) is 0 Å². The summed E-state index contributed by atoms with van der Waals surface area (Å²) in [6.07, 6.45) is 2.75. The van der Waals surface area contributed by atoms with Crippen molar-refractivity contribution in [2.24, 2.45) is 0 Å². The predicted octanol–water partition coefficient (Wildman–Crippen LogP) is 1.33. The van der Waals surface area contributed by atoms with Crippen molar-refractivity contribution in [2.75, 3.05) is 6.61 Å². The van der Waals surface area contributed by atoms with Crippen LogP contribution < -0.4 is 0 Å². The highest BCUT2D eigenvalue weighted by Crippen LogP contribution is 2.21. The average molecular weight is 115 g/mol. The van der Waals surface area contributed by atoms with Gasteiger partial charge in [-0.3, -0.25) is 0 Å². The number of hydrogen-bond acceptors (Lipinski definition) is 1. The molecule has 47 valence electrons. The number of ether oxygens (including phenoxy) is 1. The van der Waals surface area contributed by atoms with Crippen LogP contribution in [0, 0.1) is 0 Å². The Balaban J connectivity index is 2.33. The van der Waals surface area contributed by atoms with Crippen molar-refractivity contribution in [1.29, 1.82) is 0 Å². The van der Waals surface area contributed by atoms with E-state index in [9.17, 15) is 5.11 Å². The second-order valence-corrected chi connectivity index (χ2v) is 2.44. The fourth-order valence-corrected chi connectivity index (χ4v) is 0.908. The molecule has 1 fully saturated rings. The van der Waals surface area contributed by atoms with Crippen molar-refractivity contribution in [3.8, 4) is 0 Å². The molecular formula is C6H11O2. The standard InChI is InChI=1S/C6H11O2/c1-6(7)4-2-3-5-8-6/h2-5H2,1H3. The smallest absolute Gasteiger partial charge is 0.198 e. The van der Waals surface area contributed by atoms with Crippen LogP contribution in [0.3, 0.4) is 0 Å². The van der Waals surface area contributed by atoms with Crippen LogP contribution in [0.2, 0.25) is 0 Å². The first-order valence-corrected chi connectivity index (χ1v) is 3.05. The van der Waals surface area contributed by atoms with Gasteiger partial charge in [-0.25, -0.2) is 0 Å². The van der Waals surface area contributed by atoms with Gasteiger partial charge in [0.2, 0.25) is 0 Å². The van der Waals surface area contributed by atoms with E-state index in [0.717, 1.165) is 12.8 Å². The topological polar surface area (TPSA) is 29.1 Å². The molecule has 1 rings (SSSR count). The summed E-state index contributed by atoms with van der Waals surface area (Å²) < 4.78 is 4.91. The zero-order valence-electron chi connectivity index (χ0n) is 5.14. The molecule has 1 aliphatic rings. The van der Waals surface area contributed by atoms with Crippen LogP contribution >= 0.6 is 0 Å². The molecule has 1 radical (unpaired) electrons. The Kier molecular flexibility index (Phi) is 1.54. The van der Waals surface area contributed by atoms with E-state index in [4.69, 9.17) is 4.74 Å². The minimum atomic E-state index is -1.07. The van der Waals surface area contributed by atoms with Gasteiger partial charge in [0.05, 0.1) is 6.61 Å². The van der Waals surface area contributed by atoms with Gasteiger partial charge in [0.15, 0.2) is 5.79 Å². The van der Waals surface area contributed by atoms with E-state index in [1.165, 1.54) is 0 Å². The SMILES string of the molecule is CC1([O])CCCCO1. The van der Waals surface area contributed by atoms with Gasteiger partial charge in [0.1, 0.15) is 0 Å². The van der Waals surface area contributed by atoms with Crippen LogP contribution in [-0.2, 0) is 9.84 Å². The van der Waals surface area contributed by atoms with Crippen LogP contribution in [0.15, 0.2) is 0 Å². The van der Waals surface area contributed by atoms with Gasteiger partial charge in [-0.05, 0) is 19.8 Å². The fraction of sp³-hybridized carbons (Fsp3) is 1.00. The van der Waals surface area contributed by atoms with Gasteiger partial charge in [-0.2, -0.15) is 5.11 Å². The van der Waals surface area contributed by atoms with Crippen molar-refractivity contribution >= 4 is 0 Å². The summed E-state index contributed by atoms with van der Waals surface area (Å²) in [6.45, 7) is 2.26. The molecule has 0 spiro atoms. The van der Waals surface area contributed by atoms with Crippen LogP contribution in [0.5, 0.6) is 0 Å². The third-order valence-electron chi connectivity index (χ3n) is 1.43. The van der Waals surface area contributed by atoms with Crippen molar-refractivity contribution < 1.29 is 9.84 Å². The maximum atomic E-state index is 10.9. The van der Waals surface area contributed by atoms with E-state index in [1.54, 1.807) is 6.92 Å². The summed E-state index contributed by atoms with van der Waals surface area (Å²) >= 11 is 0. The summed E-state index contributed by atoms with van der Waals surface area (Å²) in [5, 5.41) is 10.9. The average Bonchev–Trinajstić information content (AvgIpc) is 1.65. The van der Waals surface area contributed by atoms with Gasteiger partial charge in [0.25, 0.3) is 0 Å². The first-order chi connectivity index (χ1) is 3.71. The molecule has 1 atom stereocenters. The lowest BCUT2D eigenvalue weighted by molar-refractivity contribution is -0.246. The molecule has 0 saturated carbocycles. The van der Waals surface area contributed by atoms with Gasteiger partial charge in [-0.15, -0.1) is 0 Å². The van der Waals surface area contributed by atoms with Crippen LogP contribution in [0.25, 0.3) is 0 Å². The second kappa shape index (κ2) is 2.03. The normalized spacial score (nSPS) is 39.8. The van der Waals surface area contributed by atoms with Crippen molar-refractivity contribution in [3.05, 3.63) is 0 Å². The Labute approximate surface area is 49.5 Å². The molecular weight excluding hydrogens is 104 g/mol. The molecule has 2 heteroatoms. The predicted molar refractivity (Wildman–Crippen MR) is 28.9 cm³/mol. The minimum Gasteiger partial charge on any atom is -0.348 e. The monoisotopic (exact) mass is 115 g/mol. The molecule has 0 aromatic carbocycles. The highest BCUT2D eigenvalue weighted by Gasteiger charge is 2.25. The van der Waals surface area contributed by atoms with Crippen molar-refractivity contribution in [2.45, 2.75) is 32.0 Å². The molecule has 1 saturated heterocycles. The van der Waals surface area contributed by atoms with E-state index < -0.39 is 5.79 Å². The highest BCUT2D eigenvalue weighted by atomic mass is 16.6. The van der Waals surface area contributed by atoms with Gasteiger partial charge >= 0.3 is 0 Å². The fourth-order valence-electron chi connectivity index (χ4n) is 0.908. The van der Waals surface area contributed by atoms with E-state index in [0.29, 0.717) is 13.0 Å². The first kappa shape index (κ1) is 6.05. The van der Waals surface area contributed by atoms with E-state index in [2.05, 4.69) is 0 Å². The molecule has 1 unspecified atom stereocenters. The molecule has 0 amide bonds. The lowest BCUT2D eigenvalue weighted by Crippen LogP contribution is -2.30. The Morgan fingerprint density at radius 3 is 2.50 bits per heavy atom. The third-order valence-corrected chi connectivity index (χ3v) is 1.43. The maximum absolute atomic E-state index is 10.9. The quantitative estimate of drug-likeness (QED) is 0.468. The maximum Gasteiger partial charge on any atom is 0.198 e. The second-order valence-electron chi connectivity index (χ2n) is 2.44. The zero-order valence-corrected chi connectivity index (χ0v) is 5.14. The molecule has 0 aliphatic carbocycles. The molecule has 0 aromatic rings. The Morgan fingerprint density at radius 2 is 2.25 bits per heavy atom. The van der Waals surface area contributed by atoms with Crippen molar-refractivity contribution in [3.63, 3.8) is 0 Å². The molecule has 0 N–H and O–H groups in total. The molecule has 1 aliphatic heterocycles. The Bertz CT molecular complexity index is 70.6. The van der Waals surface area contributed by atoms with Gasteiger partial charge in [0, 0.05) is 6.42 Å². The van der Waals surface area contributed by atoms with E-state index in [1.807, 2.05) is 0 Å². The third kappa shape index (κ3) is 1.46. The highest BCUT2D eigenvalue weighted by molar-refractivity contribution is 4.63. The summed E-state index contributed by atoms with van der Waals surface area (Å²) in [4.78, 5) is 0. The van der Waals surface area contributed by atoms with E-state index >= 15 is 0 Å². The molecule has 0 bridgehead atoms. The molecule has 2 nitrogen and oxygen atoms in total. The molecule has 1 heterocycles. The first-order valence-electron chi connectivity index (χ1n) is 3.05. The largest absolute Gasteiger partial charge is 0.348 e. The summed E-state index contributed by atoms with van der Waals surface area (Å²) in [6, 6.07) is 0. The molecule has 8 heavy (non-hydrogen) atoms. The lowest BCUT2D eigenvalue weighted by Gasteiger charge is -2.25. The van der Waals surface area contributed by atoms with Gasteiger partial charge < -0.3 is 4.74 Å². The molecule has 0 aromatic heterocycles. The number of hydrogen-bond donors (Lipinski definition) is 0. The van der Waals surface area contributed by atoms with E-state index in [-0.39, 0.29) is 0 Å². The summed E-state index contributed by atoms with van der Waals surface area (Å²) in [5.41, 5.74) is 0. The van der Waals surface area contributed by atoms with Crippen LogP contribution in [-0.4, -0.2) is 12.4 Å². The zero-order chi connectivity index (χ0) is 6.04. The summed E-state index contributed by atoms with van der Waals surface area (Å²) in [7, 11) is 0. The number of rotatable bonds is 0. The van der Waals surface area contributed by atoms with Crippen LogP contribution in [0.1, 0.15) is 26.2 Å². The summed E-state index contributed by atoms with van der Waals surface area (Å²) in [5.74, 6) is -1.07. The van der Waals surface area contributed by atoms with Crippen LogP contribution in [0.4, 0.5) is 0 Å². The van der Waals surface area contributed by atoms with Crippen molar-refractivity contribution in [1.82, 2.24) is 0 Å².